The van der Waals surface area contributed by atoms with E-state index in [9.17, 15) is 9.59 Å². The van der Waals surface area contributed by atoms with Gasteiger partial charge in [-0.3, -0.25) is 4.79 Å². The SMILES string of the molecule is CNCCC(=O)N1CCN(C(=O)OC)CC1. The number of nitrogens with zero attached hydrogens (tertiary/aromatic N) is 2. The van der Waals surface area contributed by atoms with E-state index in [1.54, 1.807) is 9.80 Å². The third kappa shape index (κ3) is 3.37. The van der Waals surface area contributed by atoms with Crippen LogP contribution in [0.25, 0.3) is 0 Å². The van der Waals surface area contributed by atoms with Crippen molar-refractivity contribution in [2.75, 3.05) is 46.9 Å². The number of carbonyl (C=O) groups excluding carboxylic acids is 2. The Morgan fingerprint density at radius 3 is 2.25 bits per heavy atom. The summed E-state index contributed by atoms with van der Waals surface area (Å²) in [7, 11) is 3.19. The molecule has 1 fully saturated rings. The third-order valence-electron chi connectivity index (χ3n) is 2.65. The van der Waals surface area contributed by atoms with Gasteiger partial charge < -0.3 is 19.9 Å². The van der Waals surface area contributed by atoms with Crippen LogP contribution in [0, 0.1) is 0 Å². The minimum absolute atomic E-state index is 0.138. The van der Waals surface area contributed by atoms with Crippen LogP contribution in [-0.2, 0) is 9.53 Å². The van der Waals surface area contributed by atoms with E-state index >= 15 is 0 Å². The summed E-state index contributed by atoms with van der Waals surface area (Å²) < 4.78 is 4.62. The van der Waals surface area contributed by atoms with Crippen LogP contribution < -0.4 is 5.32 Å². The van der Waals surface area contributed by atoms with Gasteiger partial charge in [0.05, 0.1) is 7.11 Å². The molecule has 0 atom stereocenters. The summed E-state index contributed by atoms with van der Waals surface area (Å²) in [4.78, 5) is 26.3. The highest BCUT2D eigenvalue weighted by Crippen LogP contribution is 2.04. The smallest absolute Gasteiger partial charge is 0.409 e. The largest absolute Gasteiger partial charge is 0.453 e. The number of carbonyl (C=O) groups is 2. The number of nitrogens with one attached hydrogen (secondary N) is 1. The predicted molar refractivity (Wildman–Crippen MR) is 59.1 cm³/mol. The molecular weight excluding hydrogens is 210 g/mol. The van der Waals surface area contributed by atoms with Gasteiger partial charge in [-0.2, -0.15) is 0 Å². The fraction of sp³-hybridized carbons (Fsp3) is 0.800. The molecule has 0 aromatic carbocycles. The Morgan fingerprint density at radius 2 is 1.75 bits per heavy atom. The Bertz CT molecular complexity index is 250. The van der Waals surface area contributed by atoms with Gasteiger partial charge >= 0.3 is 6.09 Å². The Labute approximate surface area is 95.5 Å². The first kappa shape index (κ1) is 12.8. The lowest BCUT2D eigenvalue weighted by Gasteiger charge is -2.33. The molecule has 1 rings (SSSR count). The number of amides is 2. The van der Waals surface area contributed by atoms with Gasteiger partial charge in [-0.1, -0.05) is 0 Å². The molecule has 0 aromatic rings. The minimum atomic E-state index is -0.317. The summed E-state index contributed by atoms with van der Waals surface area (Å²) in [6.45, 7) is 2.99. The predicted octanol–water partition coefficient (Wildman–Crippen LogP) is -0.493. The van der Waals surface area contributed by atoms with Crippen LogP contribution in [0.2, 0.25) is 0 Å². The molecule has 2 amide bonds. The van der Waals surface area contributed by atoms with Gasteiger partial charge in [0.2, 0.25) is 5.91 Å². The molecule has 16 heavy (non-hydrogen) atoms. The lowest BCUT2D eigenvalue weighted by atomic mass is 10.3. The van der Waals surface area contributed by atoms with E-state index < -0.39 is 0 Å². The van der Waals surface area contributed by atoms with Crippen molar-refractivity contribution in [2.24, 2.45) is 0 Å². The zero-order valence-electron chi connectivity index (χ0n) is 9.86. The average Bonchev–Trinajstić information content (AvgIpc) is 2.35. The van der Waals surface area contributed by atoms with E-state index in [4.69, 9.17) is 0 Å². The third-order valence-corrected chi connectivity index (χ3v) is 2.65. The van der Waals surface area contributed by atoms with Crippen LogP contribution in [0.4, 0.5) is 4.79 Å². The van der Waals surface area contributed by atoms with Crippen molar-refractivity contribution in [3.05, 3.63) is 0 Å². The Morgan fingerprint density at radius 1 is 1.19 bits per heavy atom. The molecule has 1 aliphatic rings. The second kappa shape index (κ2) is 6.32. The molecule has 0 aliphatic carbocycles. The number of hydrogen-bond acceptors (Lipinski definition) is 4. The number of hydrogen-bond donors (Lipinski definition) is 1. The maximum Gasteiger partial charge on any atom is 0.409 e. The molecule has 1 saturated heterocycles. The van der Waals surface area contributed by atoms with Crippen molar-refractivity contribution in [3.63, 3.8) is 0 Å². The summed E-state index contributed by atoms with van der Waals surface area (Å²) in [5, 5.41) is 2.94. The molecule has 6 nitrogen and oxygen atoms in total. The van der Waals surface area contributed by atoms with Crippen LogP contribution in [0.5, 0.6) is 0 Å². The molecule has 0 saturated carbocycles. The molecule has 1 aliphatic heterocycles. The summed E-state index contributed by atoms with van der Waals surface area (Å²) in [6, 6.07) is 0. The number of ether oxygens (including phenoxy) is 1. The Hall–Kier alpha value is -1.30. The molecule has 0 unspecified atom stereocenters. The van der Waals surface area contributed by atoms with Crippen molar-refractivity contribution in [1.29, 1.82) is 0 Å². The van der Waals surface area contributed by atoms with Crippen molar-refractivity contribution in [2.45, 2.75) is 6.42 Å². The van der Waals surface area contributed by atoms with E-state index in [0.29, 0.717) is 39.1 Å². The molecular formula is C10H19N3O3. The molecule has 6 heteroatoms. The van der Waals surface area contributed by atoms with E-state index in [1.807, 2.05) is 7.05 Å². The Balaban J connectivity index is 2.31. The average molecular weight is 229 g/mol. The topological polar surface area (TPSA) is 61.9 Å². The maximum atomic E-state index is 11.7. The van der Waals surface area contributed by atoms with Crippen molar-refractivity contribution >= 4 is 12.0 Å². The van der Waals surface area contributed by atoms with E-state index in [2.05, 4.69) is 10.1 Å². The monoisotopic (exact) mass is 229 g/mol. The normalized spacial score (nSPS) is 16.1. The zero-order chi connectivity index (χ0) is 12.0. The first-order valence-corrected chi connectivity index (χ1v) is 5.44. The lowest BCUT2D eigenvalue weighted by molar-refractivity contribution is -0.132. The van der Waals surface area contributed by atoms with Gasteiger partial charge in [0.1, 0.15) is 0 Å². The van der Waals surface area contributed by atoms with Gasteiger partial charge in [-0.25, -0.2) is 4.79 Å². The van der Waals surface area contributed by atoms with Crippen LogP contribution in [-0.4, -0.2) is 68.7 Å². The van der Waals surface area contributed by atoms with Crippen molar-refractivity contribution in [3.8, 4) is 0 Å². The van der Waals surface area contributed by atoms with Crippen molar-refractivity contribution in [1.82, 2.24) is 15.1 Å². The second-order valence-electron chi connectivity index (χ2n) is 3.69. The zero-order valence-corrected chi connectivity index (χ0v) is 9.86. The van der Waals surface area contributed by atoms with Gasteiger partial charge in [0.15, 0.2) is 0 Å². The molecule has 0 radical (unpaired) electrons. The van der Waals surface area contributed by atoms with Crippen LogP contribution in [0.15, 0.2) is 0 Å². The standard InChI is InChI=1S/C10H19N3O3/c1-11-4-3-9(14)12-5-7-13(8-6-12)10(15)16-2/h11H,3-8H2,1-2H3. The summed E-state index contributed by atoms with van der Waals surface area (Å²) >= 11 is 0. The summed E-state index contributed by atoms with van der Waals surface area (Å²) in [6.07, 6.45) is 0.191. The molecule has 92 valence electrons. The van der Waals surface area contributed by atoms with Gasteiger partial charge in [-0.05, 0) is 7.05 Å². The second-order valence-corrected chi connectivity index (χ2v) is 3.69. The van der Waals surface area contributed by atoms with Gasteiger partial charge in [0.25, 0.3) is 0 Å². The van der Waals surface area contributed by atoms with E-state index in [-0.39, 0.29) is 12.0 Å². The highest BCUT2D eigenvalue weighted by molar-refractivity contribution is 5.77. The highest BCUT2D eigenvalue weighted by Gasteiger charge is 2.23. The first-order chi connectivity index (χ1) is 7.69. The fourth-order valence-electron chi connectivity index (χ4n) is 1.66. The van der Waals surface area contributed by atoms with E-state index in [0.717, 1.165) is 0 Å². The minimum Gasteiger partial charge on any atom is -0.453 e. The number of piperazine rings is 1. The molecule has 1 heterocycles. The molecule has 0 aromatic heterocycles. The maximum absolute atomic E-state index is 11.7. The molecule has 1 N–H and O–H groups in total. The van der Waals surface area contributed by atoms with Crippen molar-refractivity contribution < 1.29 is 14.3 Å². The fourth-order valence-corrected chi connectivity index (χ4v) is 1.66. The number of rotatable bonds is 3. The lowest BCUT2D eigenvalue weighted by Crippen LogP contribution is -2.50. The van der Waals surface area contributed by atoms with Gasteiger partial charge in [-0.15, -0.1) is 0 Å². The van der Waals surface area contributed by atoms with Crippen LogP contribution >= 0.6 is 0 Å². The Kier molecular flexibility index (Phi) is 5.04. The van der Waals surface area contributed by atoms with Gasteiger partial charge in [0, 0.05) is 39.1 Å². The highest BCUT2D eigenvalue weighted by atomic mass is 16.5. The number of methoxy groups -OCH3 is 1. The quantitative estimate of drug-likeness (QED) is 0.709. The van der Waals surface area contributed by atoms with E-state index in [1.165, 1.54) is 7.11 Å². The first-order valence-electron chi connectivity index (χ1n) is 5.44. The van der Waals surface area contributed by atoms with Crippen LogP contribution in [0.3, 0.4) is 0 Å². The van der Waals surface area contributed by atoms with Crippen LogP contribution in [0.1, 0.15) is 6.42 Å². The summed E-state index contributed by atoms with van der Waals surface area (Å²) in [5.74, 6) is 0.138. The molecule has 0 spiro atoms. The summed E-state index contributed by atoms with van der Waals surface area (Å²) in [5.41, 5.74) is 0. The molecule has 0 bridgehead atoms.